The standard InChI is InChI=1S/C18H19ClN6/c1-13-9-14(11-15(10-13)24-7-2-3-8-24)21-18-20-12-25(23-18)17-6-4-5-16(19)22-17/h4-6,9-12H,2-3,7-8H2,1H3,(H,21,23). The van der Waals surface area contributed by atoms with E-state index in [4.69, 9.17) is 11.6 Å². The summed E-state index contributed by atoms with van der Waals surface area (Å²) in [5, 5.41) is 8.14. The molecule has 6 nitrogen and oxygen atoms in total. The second kappa shape index (κ2) is 6.72. The van der Waals surface area contributed by atoms with Crippen molar-refractivity contribution in [3.63, 3.8) is 0 Å². The summed E-state index contributed by atoms with van der Waals surface area (Å²) in [5.41, 5.74) is 3.44. The summed E-state index contributed by atoms with van der Waals surface area (Å²) in [7, 11) is 0. The van der Waals surface area contributed by atoms with E-state index in [1.165, 1.54) is 24.1 Å². The Morgan fingerprint density at radius 1 is 1.12 bits per heavy atom. The Morgan fingerprint density at radius 2 is 1.96 bits per heavy atom. The zero-order valence-electron chi connectivity index (χ0n) is 14.0. The lowest BCUT2D eigenvalue weighted by Gasteiger charge is -2.19. The van der Waals surface area contributed by atoms with Crippen LogP contribution in [0.1, 0.15) is 18.4 Å². The fraction of sp³-hybridized carbons (Fsp3) is 0.278. The van der Waals surface area contributed by atoms with Crippen molar-refractivity contribution in [1.29, 1.82) is 0 Å². The van der Waals surface area contributed by atoms with Crippen LogP contribution >= 0.6 is 11.6 Å². The van der Waals surface area contributed by atoms with Crippen LogP contribution in [-0.4, -0.2) is 32.8 Å². The van der Waals surface area contributed by atoms with E-state index >= 15 is 0 Å². The van der Waals surface area contributed by atoms with Gasteiger partial charge >= 0.3 is 0 Å². The predicted molar refractivity (Wildman–Crippen MR) is 100 cm³/mol. The number of aryl methyl sites for hydroxylation is 1. The minimum Gasteiger partial charge on any atom is -0.371 e. The van der Waals surface area contributed by atoms with Crippen LogP contribution in [0, 0.1) is 6.92 Å². The fourth-order valence-corrected chi connectivity index (χ4v) is 3.24. The van der Waals surface area contributed by atoms with Crippen LogP contribution in [0.4, 0.5) is 17.3 Å². The Hall–Kier alpha value is -2.60. The second-order valence-electron chi connectivity index (χ2n) is 6.21. The molecule has 1 aliphatic heterocycles. The van der Waals surface area contributed by atoms with Crippen molar-refractivity contribution in [3.05, 3.63) is 53.4 Å². The van der Waals surface area contributed by atoms with Crippen molar-refractivity contribution in [2.75, 3.05) is 23.3 Å². The molecule has 0 spiro atoms. The van der Waals surface area contributed by atoms with Gasteiger partial charge in [-0.15, -0.1) is 5.10 Å². The normalized spacial score (nSPS) is 14.1. The third-order valence-corrected chi connectivity index (χ3v) is 4.43. The second-order valence-corrected chi connectivity index (χ2v) is 6.59. The molecule has 2 aromatic heterocycles. The van der Waals surface area contributed by atoms with Gasteiger partial charge in [-0.3, -0.25) is 0 Å². The molecule has 3 aromatic rings. The molecule has 1 aliphatic rings. The van der Waals surface area contributed by atoms with Crippen molar-refractivity contribution >= 4 is 28.9 Å². The van der Waals surface area contributed by atoms with E-state index in [1.807, 2.05) is 12.1 Å². The molecule has 0 atom stereocenters. The number of anilines is 3. The molecule has 0 amide bonds. The van der Waals surface area contributed by atoms with E-state index in [-0.39, 0.29) is 0 Å². The van der Waals surface area contributed by atoms with Gasteiger partial charge < -0.3 is 10.2 Å². The van der Waals surface area contributed by atoms with Gasteiger partial charge in [0, 0.05) is 24.5 Å². The number of aromatic nitrogens is 4. The van der Waals surface area contributed by atoms with Gasteiger partial charge in [0.05, 0.1) is 0 Å². The predicted octanol–water partition coefficient (Wildman–Crippen LogP) is 3.97. The average molecular weight is 355 g/mol. The van der Waals surface area contributed by atoms with Gasteiger partial charge in [-0.2, -0.15) is 4.98 Å². The maximum atomic E-state index is 5.94. The van der Waals surface area contributed by atoms with Gasteiger partial charge in [-0.05, 0) is 55.7 Å². The van der Waals surface area contributed by atoms with Gasteiger partial charge in [-0.25, -0.2) is 9.67 Å². The Labute approximate surface area is 151 Å². The molecule has 0 bridgehead atoms. The third-order valence-electron chi connectivity index (χ3n) is 4.22. The molecule has 7 heteroatoms. The average Bonchev–Trinajstić information content (AvgIpc) is 3.26. The first kappa shape index (κ1) is 15.9. The van der Waals surface area contributed by atoms with Crippen LogP contribution in [0.5, 0.6) is 0 Å². The van der Waals surface area contributed by atoms with E-state index in [2.05, 4.69) is 50.4 Å². The van der Waals surface area contributed by atoms with E-state index in [0.29, 0.717) is 16.9 Å². The molecule has 0 radical (unpaired) electrons. The summed E-state index contributed by atoms with van der Waals surface area (Å²) in [4.78, 5) is 11.0. The number of halogens is 1. The Morgan fingerprint density at radius 3 is 2.76 bits per heavy atom. The summed E-state index contributed by atoms with van der Waals surface area (Å²) < 4.78 is 1.60. The maximum absolute atomic E-state index is 5.94. The number of rotatable bonds is 4. The van der Waals surface area contributed by atoms with Crippen LogP contribution in [0.25, 0.3) is 5.82 Å². The minimum absolute atomic E-state index is 0.427. The molecular weight excluding hydrogens is 336 g/mol. The summed E-state index contributed by atoms with van der Waals surface area (Å²) in [6, 6.07) is 11.9. The maximum Gasteiger partial charge on any atom is 0.247 e. The summed E-state index contributed by atoms with van der Waals surface area (Å²) >= 11 is 5.94. The molecule has 4 rings (SSSR count). The number of nitrogens with one attached hydrogen (secondary N) is 1. The van der Waals surface area contributed by atoms with Gasteiger partial charge in [0.1, 0.15) is 11.5 Å². The fourth-order valence-electron chi connectivity index (χ4n) is 3.08. The molecule has 1 fully saturated rings. The van der Waals surface area contributed by atoms with Crippen LogP contribution in [-0.2, 0) is 0 Å². The Kier molecular flexibility index (Phi) is 4.28. The van der Waals surface area contributed by atoms with Crippen molar-refractivity contribution in [2.45, 2.75) is 19.8 Å². The number of benzene rings is 1. The van der Waals surface area contributed by atoms with E-state index in [9.17, 15) is 0 Å². The monoisotopic (exact) mass is 354 g/mol. The highest BCUT2D eigenvalue weighted by molar-refractivity contribution is 6.29. The largest absolute Gasteiger partial charge is 0.371 e. The minimum atomic E-state index is 0.427. The molecule has 1 aromatic carbocycles. The number of nitrogens with zero attached hydrogens (tertiary/aromatic N) is 5. The summed E-state index contributed by atoms with van der Waals surface area (Å²) in [6.07, 6.45) is 4.14. The molecule has 0 saturated carbocycles. The Balaban J connectivity index is 1.56. The van der Waals surface area contributed by atoms with Crippen LogP contribution < -0.4 is 10.2 Å². The number of pyridine rings is 1. The van der Waals surface area contributed by atoms with Crippen LogP contribution in [0.2, 0.25) is 5.15 Å². The molecule has 0 aliphatic carbocycles. The van der Waals surface area contributed by atoms with Gasteiger partial charge in [0.25, 0.3) is 0 Å². The highest BCUT2D eigenvalue weighted by Crippen LogP contribution is 2.26. The van der Waals surface area contributed by atoms with E-state index < -0.39 is 0 Å². The quantitative estimate of drug-likeness (QED) is 0.718. The molecule has 25 heavy (non-hydrogen) atoms. The molecule has 128 valence electrons. The highest BCUT2D eigenvalue weighted by atomic mass is 35.5. The zero-order chi connectivity index (χ0) is 17.2. The lowest BCUT2D eigenvalue weighted by Crippen LogP contribution is -2.17. The first-order chi connectivity index (χ1) is 12.2. The topological polar surface area (TPSA) is 58.9 Å². The number of hydrogen-bond acceptors (Lipinski definition) is 5. The van der Waals surface area contributed by atoms with E-state index in [0.717, 1.165) is 18.8 Å². The Bertz CT molecular complexity index is 885. The molecular formula is C18H19ClN6. The van der Waals surface area contributed by atoms with Crippen molar-refractivity contribution in [1.82, 2.24) is 19.7 Å². The smallest absolute Gasteiger partial charge is 0.247 e. The highest BCUT2D eigenvalue weighted by Gasteiger charge is 2.13. The zero-order valence-corrected chi connectivity index (χ0v) is 14.7. The van der Waals surface area contributed by atoms with Crippen LogP contribution in [0.3, 0.4) is 0 Å². The van der Waals surface area contributed by atoms with Gasteiger partial charge in [0.2, 0.25) is 5.95 Å². The lowest BCUT2D eigenvalue weighted by atomic mass is 10.2. The van der Waals surface area contributed by atoms with Crippen molar-refractivity contribution in [3.8, 4) is 5.82 Å². The number of hydrogen-bond donors (Lipinski definition) is 1. The molecule has 1 saturated heterocycles. The SMILES string of the molecule is Cc1cc(Nc2ncn(-c3cccc(Cl)n3)n2)cc(N2CCCC2)c1. The van der Waals surface area contributed by atoms with Gasteiger partial charge in [0.15, 0.2) is 5.82 Å². The first-order valence-corrected chi connectivity index (χ1v) is 8.73. The summed E-state index contributed by atoms with van der Waals surface area (Å²) in [6.45, 7) is 4.35. The molecule has 1 N–H and O–H groups in total. The third kappa shape index (κ3) is 3.58. The van der Waals surface area contributed by atoms with Crippen molar-refractivity contribution in [2.24, 2.45) is 0 Å². The molecule has 3 heterocycles. The molecule has 0 unspecified atom stereocenters. The van der Waals surface area contributed by atoms with Crippen molar-refractivity contribution < 1.29 is 0 Å². The van der Waals surface area contributed by atoms with Crippen LogP contribution in [0.15, 0.2) is 42.7 Å². The van der Waals surface area contributed by atoms with Gasteiger partial charge in [-0.1, -0.05) is 17.7 Å². The van der Waals surface area contributed by atoms with E-state index in [1.54, 1.807) is 17.1 Å². The first-order valence-electron chi connectivity index (χ1n) is 8.36. The summed E-state index contributed by atoms with van der Waals surface area (Å²) in [5.74, 6) is 1.16. The lowest BCUT2D eigenvalue weighted by molar-refractivity contribution is 0.848.